The first kappa shape index (κ1) is 21.1. The Balaban J connectivity index is 1.63. The number of benzene rings is 2. The van der Waals surface area contributed by atoms with E-state index < -0.39 is 0 Å². The average molecular weight is 419 g/mol. The van der Waals surface area contributed by atoms with Crippen molar-refractivity contribution in [1.29, 1.82) is 0 Å². The molecule has 0 radical (unpaired) electrons. The Hall–Kier alpha value is -3.12. The van der Waals surface area contributed by atoms with Gasteiger partial charge in [0, 0.05) is 36.7 Å². The second kappa shape index (κ2) is 10.3. The number of aromatic nitrogens is 2. The molecule has 162 valence electrons. The minimum absolute atomic E-state index is 0.0258. The van der Waals surface area contributed by atoms with E-state index in [9.17, 15) is 4.79 Å². The zero-order valence-electron chi connectivity index (χ0n) is 18.0. The van der Waals surface area contributed by atoms with Gasteiger partial charge in [0.1, 0.15) is 5.75 Å². The summed E-state index contributed by atoms with van der Waals surface area (Å²) in [6, 6.07) is 18.4. The predicted molar refractivity (Wildman–Crippen MR) is 122 cm³/mol. The van der Waals surface area contributed by atoms with E-state index in [1.54, 1.807) is 7.11 Å². The molecule has 1 aliphatic rings. The highest BCUT2D eigenvalue weighted by Gasteiger charge is 2.25. The molecule has 4 rings (SSSR count). The molecule has 0 spiro atoms. The molecule has 1 saturated heterocycles. The zero-order valence-corrected chi connectivity index (χ0v) is 18.0. The summed E-state index contributed by atoms with van der Waals surface area (Å²) in [5.41, 5.74) is 4.38. The number of rotatable bonds is 5. The molecule has 0 aliphatic carbocycles. The van der Waals surface area contributed by atoms with E-state index in [1.807, 2.05) is 48.7 Å². The summed E-state index contributed by atoms with van der Waals surface area (Å²) < 4.78 is 5.29. The third-order valence-corrected chi connectivity index (χ3v) is 5.92. The Kier molecular flexibility index (Phi) is 6.99. The first-order chi connectivity index (χ1) is 15.2. The van der Waals surface area contributed by atoms with Gasteiger partial charge in [0.2, 0.25) is 5.91 Å². The summed E-state index contributed by atoms with van der Waals surface area (Å²) in [6.07, 6.45) is 5.60. The fraction of sp³-hybridized carbons (Fsp3) is 0.360. The molecular weight excluding hydrogens is 388 g/mol. The molecule has 1 amide bonds. The van der Waals surface area contributed by atoms with Crippen LogP contribution in [0.3, 0.4) is 0 Å². The van der Waals surface area contributed by atoms with Crippen LogP contribution in [0.5, 0.6) is 5.75 Å². The number of ether oxygens (including phenoxy) is 1. The summed E-state index contributed by atoms with van der Waals surface area (Å²) in [7, 11) is 1.67. The van der Waals surface area contributed by atoms with E-state index in [1.165, 1.54) is 5.56 Å². The van der Waals surface area contributed by atoms with Crippen molar-refractivity contribution >= 4 is 5.91 Å². The fourth-order valence-electron chi connectivity index (χ4n) is 4.23. The number of hydrogen-bond donors (Lipinski definition) is 2. The van der Waals surface area contributed by atoms with Gasteiger partial charge in [-0.25, -0.2) is 0 Å². The van der Waals surface area contributed by atoms with Gasteiger partial charge in [0.05, 0.1) is 19.0 Å². The van der Waals surface area contributed by atoms with Crippen molar-refractivity contribution in [1.82, 2.24) is 20.4 Å². The number of nitrogens with one attached hydrogen (secondary N) is 2. The summed E-state index contributed by atoms with van der Waals surface area (Å²) in [4.78, 5) is 15.0. The summed E-state index contributed by atoms with van der Waals surface area (Å²) in [6.45, 7) is 2.44. The van der Waals surface area contributed by atoms with Crippen molar-refractivity contribution in [2.45, 2.75) is 38.3 Å². The normalized spacial score (nSPS) is 18.4. The number of amides is 1. The van der Waals surface area contributed by atoms with Crippen molar-refractivity contribution in [3.8, 4) is 17.0 Å². The summed E-state index contributed by atoms with van der Waals surface area (Å²) in [5, 5.41) is 10.6. The van der Waals surface area contributed by atoms with Crippen molar-refractivity contribution in [3.05, 3.63) is 71.9 Å². The lowest BCUT2D eigenvalue weighted by Gasteiger charge is -2.32. The van der Waals surface area contributed by atoms with Gasteiger partial charge in [-0.2, -0.15) is 5.10 Å². The molecule has 31 heavy (non-hydrogen) atoms. The number of aromatic amines is 1. The predicted octanol–water partition coefficient (Wildman–Crippen LogP) is 4.32. The van der Waals surface area contributed by atoms with Gasteiger partial charge in [0.25, 0.3) is 0 Å². The minimum Gasteiger partial charge on any atom is -0.497 e. The van der Waals surface area contributed by atoms with Crippen LogP contribution in [-0.4, -0.2) is 41.2 Å². The van der Waals surface area contributed by atoms with Crippen molar-refractivity contribution in [2.24, 2.45) is 0 Å². The fourth-order valence-corrected chi connectivity index (χ4v) is 4.23. The van der Waals surface area contributed by atoms with E-state index in [4.69, 9.17) is 4.74 Å². The maximum atomic E-state index is 12.6. The van der Waals surface area contributed by atoms with Gasteiger partial charge in [-0.3, -0.25) is 14.8 Å². The Labute approximate surface area is 183 Å². The van der Waals surface area contributed by atoms with Crippen LogP contribution >= 0.6 is 0 Å². The van der Waals surface area contributed by atoms with Gasteiger partial charge in [-0.05, 0) is 49.2 Å². The number of methoxy groups -OCH3 is 1. The van der Waals surface area contributed by atoms with Gasteiger partial charge >= 0.3 is 0 Å². The topological polar surface area (TPSA) is 70.2 Å². The highest BCUT2D eigenvalue weighted by atomic mass is 16.5. The molecule has 0 saturated carbocycles. The summed E-state index contributed by atoms with van der Waals surface area (Å²) in [5.74, 6) is 0.944. The largest absolute Gasteiger partial charge is 0.497 e. The second-order valence-corrected chi connectivity index (χ2v) is 8.01. The highest BCUT2D eigenvalue weighted by Crippen LogP contribution is 2.30. The van der Waals surface area contributed by atoms with Crippen molar-refractivity contribution < 1.29 is 9.53 Å². The van der Waals surface area contributed by atoms with Crippen molar-refractivity contribution in [3.63, 3.8) is 0 Å². The SMILES string of the molecule is COc1ccc(-c2[nH]ncc2CN2CCCCCNC(=O)CC2c2ccccc2)cc1. The Morgan fingerprint density at radius 2 is 1.87 bits per heavy atom. The molecule has 6 heteroatoms. The molecule has 2 heterocycles. The van der Waals surface area contributed by atoms with Crippen LogP contribution in [0.4, 0.5) is 0 Å². The van der Waals surface area contributed by atoms with Gasteiger partial charge in [-0.15, -0.1) is 0 Å². The monoisotopic (exact) mass is 418 g/mol. The second-order valence-electron chi connectivity index (χ2n) is 8.01. The lowest BCUT2D eigenvalue weighted by molar-refractivity contribution is -0.122. The maximum absolute atomic E-state index is 12.6. The number of H-pyrrole nitrogens is 1. The number of hydrogen-bond acceptors (Lipinski definition) is 4. The van der Waals surface area contributed by atoms with Crippen LogP contribution in [-0.2, 0) is 11.3 Å². The standard InChI is InChI=1S/C25H30N4O2/c1-31-22-12-10-20(11-13-22)25-21(17-27-28-25)18-29-15-7-3-6-14-26-24(30)16-23(29)19-8-4-2-5-9-19/h2,4-5,8-13,17,23H,3,6-7,14-16,18H2,1H3,(H,26,30)(H,27,28). The molecular formula is C25H30N4O2. The first-order valence-electron chi connectivity index (χ1n) is 11.0. The third-order valence-electron chi connectivity index (χ3n) is 5.92. The molecule has 6 nitrogen and oxygen atoms in total. The van der Waals surface area contributed by atoms with E-state index in [-0.39, 0.29) is 11.9 Å². The maximum Gasteiger partial charge on any atom is 0.221 e. The van der Waals surface area contributed by atoms with Crippen LogP contribution in [0.2, 0.25) is 0 Å². The highest BCUT2D eigenvalue weighted by molar-refractivity contribution is 5.76. The van der Waals surface area contributed by atoms with E-state index in [0.29, 0.717) is 6.42 Å². The van der Waals surface area contributed by atoms with Crippen LogP contribution in [0.1, 0.15) is 42.9 Å². The Morgan fingerprint density at radius 1 is 1.06 bits per heavy atom. The Morgan fingerprint density at radius 3 is 2.65 bits per heavy atom. The molecule has 1 atom stereocenters. The smallest absolute Gasteiger partial charge is 0.221 e. The Bertz CT molecular complexity index is 969. The quantitative estimate of drug-likeness (QED) is 0.647. The first-order valence-corrected chi connectivity index (χ1v) is 11.0. The van der Waals surface area contributed by atoms with E-state index in [0.717, 1.165) is 61.5 Å². The van der Waals surface area contributed by atoms with Crippen LogP contribution in [0.25, 0.3) is 11.3 Å². The lowest BCUT2D eigenvalue weighted by Crippen LogP contribution is -2.36. The number of carbonyl (C=O) groups excluding carboxylic acids is 1. The van der Waals surface area contributed by atoms with Crippen LogP contribution in [0.15, 0.2) is 60.8 Å². The van der Waals surface area contributed by atoms with Crippen molar-refractivity contribution in [2.75, 3.05) is 20.2 Å². The molecule has 1 aromatic heterocycles. The van der Waals surface area contributed by atoms with Crippen LogP contribution in [0, 0.1) is 0 Å². The zero-order chi connectivity index (χ0) is 21.5. The third kappa shape index (κ3) is 5.33. The van der Waals surface area contributed by atoms with E-state index >= 15 is 0 Å². The number of carbonyl (C=O) groups is 1. The molecule has 1 fully saturated rings. The molecule has 3 aromatic rings. The lowest BCUT2D eigenvalue weighted by atomic mass is 9.99. The molecule has 1 unspecified atom stereocenters. The minimum atomic E-state index is 0.0258. The molecule has 0 bridgehead atoms. The van der Waals surface area contributed by atoms with E-state index in [2.05, 4.69) is 32.5 Å². The average Bonchev–Trinajstić information content (AvgIpc) is 3.28. The van der Waals surface area contributed by atoms with Gasteiger partial charge in [0.15, 0.2) is 0 Å². The summed E-state index contributed by atoms with van der Waals surface area (Å²) >= 11 is 0. The molecule has 2 aromatic carbocycles. The van der Waals surface area contributed by atoms with Gasteiger partial charge < -0.3 is 10.1 Å². The molecule has 2 N–H and O–H groups in total. The van der Waals surface area contributed by atoms with Crippen LogP contribution < -0.4 is 10.1 Å². The van der Waals surface area contributed by atoms with Gasteiger partial charge in [-0.1, -0.05) is 36.8 Å². The number of nitrogens with zero attached hydrogens (tertiary/aromatic N) is 2. The molecule has 1 aliphatic heterocycles.